The van der Waals surface area contributed by atoms with Crippen molar-refractivity contribution in [1.29, 1.82) is 0 Å². The van der Waals surface area contributed by atoms with Crippen molar-refractivity contribution in [3.05, 3.63) is 35.5 Å². The molecule has 0 radical (unpaired) electrons. The van der Waals surface area contributed by atoms with Gasteiger partial charge in [-0.3, -0.25) is 4.79 Å². The molecule has 1 N–H and O–H groups in total. The van der Waals surface area contributed by atoms with Crippen LogP contribution in [0.25, 0.3) is 0 Å². The summed E-state index contributed by atoms with van der Waals surface area (Å²) in [6, 6.07) is 0. The highest BCUT2D eigenvalue weighted by Crippen LogP contribution is 2.53. The number of rotatable bonds is 7. The maximum atomic E-state index is 12.9. The molecule has 1 aliphatic heterocycles. The second kappa shape index (κ2) is 9.39. The van der Waals surface area contributed by atoms with Crippen LogP contribution in [0, 0.1) is 23.7 Å². The fourth-order valence-corrected chi connectivity index (χ4v) is 5.21. The fraction of sp³-hybridized carbons (Fsp3) is 0.680. The Hall–Kier alpha value is -1.76. The van der Waals surface area contributed by atoms with Crippen LogP contribution in [-0.2, 0) is 23.8 Å². The number of ketones is 1. The summed E-state index contributed by atoms with van der Waals surface area (Å²) < 4.78 is 17.7. The Bertz CT molecular complexity index is 788. The standard InChI is InChI=1S/C25H36O6/c1-14(2)7-9-29-13-25(28)22-20(30-10-8-15(3)4)11-16(5)18-12-19(26)17(6)21(18)23(22)31-24(25)27/h7-8,17-18,20-23,28H,5,9-13H2,1-4,6H3. The molecule has 6 heteroatoms. The highest BCUT2D eigenvalue weighted by molar-refractivity contribution is 5.86. The van der Waals surface area contributed by atoms with E-state index in [0.717, 1.165) is 16.7 Å². The molecule has 31 heavy (non-hydrogen) atoms. The number of hydrogen-bond donors (Lipinski definition) is 1. The van der Waals surface area contributed by atoms with Gasteiger partial charge < -0.3 is 19.3 Å². The number of Topliss-reactive ketones (excluding diaryl/α,β-unsaturated/α-hetero) is 1. The van der Waals surface area contributed by atoms with Gasteiger partial charge in [-0.05, 0) is 40.0 Å². The number of ether oxygens (including phenoxy) is 3. The van der Waals surface area contributed by atoms with Crippen LogP contribution in [0.4, 0.5) is 0 Å². The first-order valence-electron chi connectivity index (χ1n) is 11.2. The summed E-state index contributed by atoms with van der Waals surface area (Å²) in [5.74, 6) is -1.67. The van der Waals surface area contributed by atoms with Crippen molar-refractivity contribution in [2.24, 2.45) is 23.7 Å². The van der Waals surface area contributed by atoms with Crippen molar-refractivity contribution in [1.82, 2.24) is 0 Å². The fourth-order valence-electron chi connectivity index (χ4n) is 5.21. The molecule has 1 heterocycles. The van der Waals surface area contributed by atoms with Crippen LogP contribution in [-0.4, -0.2) is 54.5 Å². The van der Waals surface area contributed by atoms with Crippen LogP contribution >= 0.6 is 0 Å². The molecule has 7 atom stereocenters. The summed E-state index contributed by atoms with van der Waals surface area (Å²) in [6.07, 6.45) is 3.69. The molecule has 3 fully saturated rings. The van der Waals surface area contributed by atoms with Gasteiger partial charge in [0.1, 0.15) is 11.9 Å². The summed E-state index contributed by atoms with van der Waals surface area (Å²) in [6.45, 7) is 14.5. The highest BCUT2D eigenvalue weighted by Gasteiger charge is 2.65. The van der Waals surface area contributed by atoms with E-state index in [2.05, 4.69) is 6.58 Å². The highest BCUT2D eigenvalue weighted by atomic mass is 16.6. The SMILES string of the molecule is C=C1CC(OCC=C(C)C)C2C(OC(=O)C2(O)COCC=C(C)C)C2C(C)C(=O)CC12. The first kappa shape index (κ1) is 23.9. The second-order valence-electron chi connectivity index (χ2n) is 9.78. The second-order valence-corrected chi connectivity index (χ2v) is 9.78. The third-order valence-corrected chi connectivity index (χ3v) is 6.97. The summed E-state index contributed by atoms with van der Waals surface area (Å²) in [5.41, 5.74) is 1.33. The molecule has 7 unspecified atom stereocenters. The summed E-state index contributed by atoms with van der Waals surface area (Å²) in [7, 11) is 0. The Morgan fingerprint density at radius 3 is 2.45 bits per heavy atom. The molecule has 3 rings (SSSR count). The van der Waals surface area contributed by atoms with Crippen molar-refractivity contribution in [2.75, 3.05) is 19.8 Å². The zero-order chi connectivity index (χ0) is 22.9. The first-order chi connectivity index (χ1) is 14.6. The zero-order valence-electron chi connectivity index (χ0n) is 19.3. The van der Waals surface area contributed by atoms with Gasteiger partial charge >= 0.3 is 5.97 Å². The average Bonchev–Trinajstić information content (AvgIpc) is 3.07. The van der Waals surface area contributed by atoms with Crippen molar-refractivity contribution >= 4 is 11.8 Å². The molecule has 0 amide bonds. The van der Waals surface area contributed by atoms with Gasteiger partial charge in [-0.2, -0.15) is 0 Å². The van der Waals surface area contributed by atoms with E-state index in [1.807, 2.05) is 46.8 Å². The van der Waals surface area contributed by atoms with Gasteiger partial charge in [-0.25, -0.2) is 4.79 Å². The smallest absolute Gasteiger partial charge is 0.341 e. The van der Waals surface area contributed by atoms with E-state index in [-0.39, 0.29) is 30.1 Å². The minimum atomic E-state index is -1.82. The maximum Gasteiger partial charge on any atom is 0.341 e. The molecule has 2 saturated carbocycles. The summed E-state index contributed by atoms with van der Waals surface area (Å²) >= 11 is 0. The predicted octanol–water partition coefficient (Wildman–Crippen LogP) is 3.39. The van der Waals surface area contributed by atoms with E-state index in [1.165, 1.54) is 0 Å². The molecule has 1 saturated heterocycles. The topological polar surface area (TPSA) is 82.1 Å². The Morgan fingerprint density at radius 2 is 1.81 bits per heavy atom. The van der Waals surface area contributed by atoms with Crippen LogP contribution in [0.3, 0.4) is 0 Å². The van der Waals surface area contributed by atoms with Crippen LogP contribution in [0.1, 0.15) is 47.5 Å². The quantitative estimate of drug-likeness (QED) is 0.377. The van der Waals surface area contributed by atoms with Gasteiger partial charge in [-0.1, -0.05) is 42.4 Å². The minimum absolute atomic E-state index is 0.0613. The molecule has 0 aromatic rings. The van der Waals surface area contributed by atoms with E-state index in [9.17, 15) is 14.7 Å². The molecule has 172 valence electrons. The number of hydrogen-bond acceptors (Lipinski definition) is 6. The number of allylic oxidation sites excluding steroid dienone is 2. The number of aliphatic hydroxyl groups is 1. The van der Waals surface area contributed by atoms with Gasteiger partial charge in [0.25, 0.3) is 0 Å². The lowest BCUT2D eigenvalue weighted by molar-refractivity contribution is -0.164. The number of esters is 1. The van der Waals surface area contributed by atoms with Crippen molar-refractivity contribution in [2.45, 2.75) is 65.3 Å². The largest absolute Gasteiger partial charge is 0.459 e. The molecule has 6 nitrogen and oxygen atoms in total. The van der Waals surface area contributed by atoms with Crippen LogP contribution < -0.4 is 0 Å². The van der Waals surface area contributed by atoms with E-state index >= 15 is 0 Å². The van der Waals surface area contributed by atoms with Crippen LogP contribution in [0.15, 0.2) is 35.5 Å². The lowest BCUT2D eigenvalue weighted by Gasteiger charge is -2.34. The number of carbonyl (C=O) groups is 2. The van der Waals surface area contributed by atoms with Gasteiger partial charge in [0, 0.05) is 18.3 Å². The monoisotopic (exact) mass is 432 g/mol. The Kier molecular flexibility index (Phi) is 7.24. The number of carbonyl (C=O) groups excluding carboxylic acids is 2. The molecule has 0 bridgehead atoms. The third kappa shape index (κ3) is 4.71. The number of fused-ring (bicyclic) bond motifs is 3. The third-order valence-electron chi connectivity index (χ3n) is 6.97. The van der Waals surface area contributed by atoms with Gasteiger partial charge in [0.15, 0.2) is 5.60 Å². The Balaban J connectivity index is 1.94. The minimum Gasteiger partial charge on any atom is -0.459 e. The van der Waals surface area contributed by atoms with Gasteiger partial charge in [0.05, 0.1) is 31.8 Å². The van der Waals surface area contributed by atoms with Crippen LogP contribution in [0.5, 0.6) is 0 Å². The lowest BCUT2D eigenvalue weighted by atomic mass is 9.75. The van der Waals surface area contributed by atoms with Gasteiger partial charge in [-0.15, -0.1) is 0 Å². The zero-order valence-corrected chi connectivity index (χ0v) is 19.3. The van der Waals surface area contributed by atoms with Crippen LogP contribution in [0.2, 0.25) is 0 Å². The lowest BCUT2D eigenvalue weighted by Crippen LogP contribution is -2.52. The van der Waals surface area contributed by atoms with Gasteiger partial charge in [0.2, 0.25) is 0 Å². The molecule has 0 aromatic carbocycles. The van der Waals surface area contributed by atoms with E-state index < -0.39 is 29.7 Å². The first-order valence-corrected chi connectivity index (χ1v) is 11.2. The normalized spacial score (nSPS) is 37.0. The maximum absolute atomic E-state index is 12.9. The predicted molar refractivity (Wildman–Crippen MR) is 117 cm³/mol. The molecule has 3 aliphatic rings. The van der Waals surface area contributed by atoms with Crippen molar-refractivity contribution in [3.63, 3.8) is 0 Å². The van der Waals surface area contributed by atoms with E-state index in [0.29, 0.717) is 26.1 Å². The van der Waals surface area contributed by atoms with E-state index in [4.69, 9.17) is 14.2 Å². The molecule has 0 aromatic heterocycles. The average molecular weight is 433 g/mol. The van der Waals surface area contributed by atoms with Crippen molar-refractivity contribution in [3.8, 4) is 0 Å². The van der Waals surface area contributed by atoms with Crippen molar-refractivity contribution < 1.29 is 28.9 Å². The molecule has 2 aliphatic carbocycles. The molecular weight excluding hydrogens is 396 g/mol. The summed E-state index contributed by atoms with van der Waals surface area (Å²) in [5, 5.41) is 11.6. The molecular formula is C25H36O6. The summed E-state index contributed by atoms with van der Waals surface area (Å²) in [4.78, 5) is 25.5. The Labute approximate surface area is 185 Å². The molecule has 0 spiro atoms. The van der Waals surface area contributed by atoms with E-state index in [1.54, 1.807) is 0 Å². The Morgan fingerprint density at radius 1 is 1.16 bits per heavy atom.